The maximum Gasteiger partial charge on any atom is 0.280 e. The number of aromatic amines is 1. The van der Waals surface area contributed by atoms with Crippen LogP contribution in [0.5, 0.6) is 5.75 Å². The average Bonchev–Trinajstić information content (AvgIpc) is 3.43. The minimum atomic E-state index is -0.199. The maximum atomic E-state index is 13.3. The summed E-state index contributed by atoms with van der Waals surface area (Å²) in [5.41, 5.74) is 6.07. The highest BCUT2D eigenvalue weighted by Gasteiger charge is 2.17. The lowest BCUT2D eigenvalue weighted by atomic mass is 10.1. The fourth-order valence-corrected chi connectivity index (χ4v) is 4.68. The number of aromatic nitrogens is 6. The fraction of sp³-hybridized carbons (Fsp3) is 0.154. The zero-order valence-corrected chi connectivity index (χ0v) is 19.9. The second-order valence-electron chi connectivity index (χ2n) is 8.43. The van der Waals surface area contributed by atoms with E-state index in [1.807, 2.05) is 61.7 Å². The summed E-state index contributed by atoms with van der Waals surface area (Å²) in [6.45, 7) is 2.43. The smallest absolute Gasteiger partial charge is 0.280 e. The van der Waals surface area contributed by atoms with E-state index in [1.54, 1.807) is 22.4 Å². The number of halogens is 1. The Balaban J connectivity index is 1.38. The predicted octanol–water partition coefficient (Wildman–Crippen LogP) is 4.80. The SMILES string of the molecule is COc1ccc2[nH]cc(CCn3ccc4c(nnc5c(-c6ccc(Cl)cc6)c(C)nn54)c3=O)c2c1. The number of hydrogen-bond acceptors (Lipinski definition) is 5. The van der Waals surface area contributed by atoms with Gasteiger partial charge in [-0.3, -0.25) is 4.79 Å². The molecule has 174 valence electrons. The van der Waals surface area contributed by atoms with Gasteiger partial charge in [0.1, 0.15) is 11.3 Å². The number of H-pyrrole nitrogens is 1. The largest absolute Gasteiger partial charge is 0.497 e. The molecule has 0 radical (unpaired) electrons. The molecule has 0 bridgehead atoms. The Bertz CT molecular complexity index is 1780. The number of nitrogens with one attached hydrogen (secondary N) is 1. The van der Waals surface area contributed by atoms with E-state index in [0.29, 0.717) is 29.2 Å². The van der Waals surface area contributed by atoms with Gasteiger partial charge in [0, 0.05) is 34.9 Å². The van der Waals surface area contributed by atoms with Gasteiger partial charge in [0.05, 0.1) is 18.4 Å². The van der Waals surface area contributed by atoms with Crippen molar-refractivity contribution in [1.29, 1.82) is 0 Å². The molecule has 35 heavy (non-hydrogen) atoms. The van der Waals surface area contributed by atoms with Crippen LogP contribution in [0.15, 0.2) is 65.7 Å². The van der Waals surface area contributed by atoms with E-state index in [4.69, 9.17) is 16.3 Å². The number of rotatable bonds is 5. The average molecular weight is 485 g/mol. The van der Waals surface area contributed by atoms with Gasteiger partial charge in [0.15, 0.2) is 11.2 Å². The number of methoxy groups -OCH3 is 1. The predicted molar refractivity (Wildman–Crippen MR) is 136 cm³/mol. The summed E-state index contributed by atoms with van der Waals surface area (Å²) in [6.07, 6.45) is 4.44. The van der Waals surface area contributed by atoms with Crippen LogP contribution < -0.4 is 10.3 Å². The van der Waals surface area contributed by atoms with Crippen LogP contribution in [0.25, 0.3) is 38.7 Å². The Hall–Kier alpha value is -4.17. The van der Waals surface area contributed by atoms with Gasteiger partial charge in [-0.1, -0.05) is 23.7 Å². The van der Waals surface area contributed by atoms with Crippen molar-refractivity contribution in [2.24, 2.45) is 0 Å². The second kappa shape index (κ2) is 8.25. The summed E-state index contributed by atoms with van der Waals surface area (Å²) >= 11 is 6.05. The second-order valence-corrected chi connectivity index (χ2v) is 8.86. The molecular weight excluding hydrogens is 464 g/mol. The van der Waals surface area contributed by atoms with Crippen molar-refractivity contribution in [3.05, 3.63) is 87.6 Å². The highest BCUT2D eigenvalue weighted by molar-refractivity contribution is 6.30. The van der Waals surface area contributed by atoms with Crippen molar-refractivity contribution in [3.8, 4) is 16.9 Å². The molecule has 2 aromatic carbocycles. The van der Waals surface area contributed by atoms with Crippen LogP contribution in [-0.4, -0.2) is 36.5 Å². The zero-order valence-electron chi connectivity index (χ0n) is 19.1. The van der Waals surface area contributed by atoms with Crippen LogP contribution >= 0.6 is 11.6 Å². The van der Waals surface area contributed by atoms with Crippen LogP contribution in [0.2, 0.25) is 5.02 Å². The van der Waals surface area contributed by atoms with Gasteiger partial charge in [-0.25, -0.2) is 4.52 Å². The van der Waals surface area contributed by atoms with Crippen LogP contribution in [0, 0.1) is 6.92 Å². The number of fused-ring (bicyclic) bond motifs is 4. The molecule has 0 amide bonds. The zero-order chi connectivity index (χ0) is 24.1. The molecule has 0 aliphatic rings. The molecule has 6 aromatic rings. The molecule has 4 heterocycles. The number of hydrogen-bond donors (Lipinski definition) is 1. The minimum absolute atomic E-state index is 0.199. The lowest BCUT2D eigenvalue weighted by Gasteiger charge is -2.08. The Morgan fingerprint density at radius 1 is 1.09 bits per heavy atom. The van der Waals surface area contributed by atoms with Crippen molar-refractivity contribution >= 4 is 39.2 Å². The van der Waals surface area contributed by atoms with Crippen molar-refractivity contribution in [3.63, 3.8) is 0 Å². The highest BCUT2D eigenvalue weighted by atomic mass is 35.5. The Morgan fingerprint density at radius 2 is 1.91 bits per heavy atom. The van der Waals surface area contributed by atoms with Crippen LogP contribution in [0.3, 0.4) is 0 Å². The van der Waals surface area contributed by atoms with Gasteiger partial charge >= 0.3 is 0 Å². The van der Waals surface area contributed by atoms with E-state index in [2.05, 4.69) is 20.3 Å². The van der Waals surface area contributed by atoms with E-state index < -0.39 is 0 Å². The third-order valence-electron chi connectivity index (χ3n) is 6.36. The van der Waals surface area contributed by atoms with Gasteiger partial charge in [-0.2, -0.15) is 5.10 Å². The number of pyridine rings is 1. The monoisotopic (exact) mass is 484 g/mol. The number of benzene rings is 2. The van der Waals surface area contributed by atoms with Gasteiger partial charge in [-0.15, -0.1) is 10.2 Å². The number of ether oxygens (including phenoxy) is 1. The first-order valence-electron chi connectivity index (χ1n) is 11.2. The Morgan fingerprint density at radius 3 is 2.71 bits per heavy atom. The molecule has 1 N–H and O–H groups in total. The lowest BCUT2D eigenvalue weighted by Crippen LogP contribution is -2.22. The molecular formula is C26H21ClN6O2. The van der Waals surface area contributed by atoms with Crippen LogP contribution in [-0.2, 0) is 13.0 Å². The molecule has 0 spiro atoms. The summed E-state index contributed by atoms with van der Waals surface area (Å²) in [4.78, 5) is 16.6. The molecule has 0 aliphatic heterocycles. The van der Waals surface area contributed by atoms with E-state index in [-0.39, 0.29) is 11.1 Å². The van der Waals surface area contributed by atoms with Crippen molar-refractivity contribution in [2.45, 2.75) is 19.9 Å². The topological polar surface area (TPSA) is 90.1 Å². The molecule has 0 fully saturated rings. The van der Waals surface area contributed by atoms with Crippen molar-refractivity contribution in [2.75, 3.05) is 7.11 Å². The molecule has 0 atom stereocenters. The highest BCUT2D eigenvalue weighted by Crippen LogP contribution is 2.29. The molecule has 0 unspecified atom stereocenters. The van der Waals surface area contributed by atoms with Gasteiger partial charge in [-0.05, 0) is 60.9 Å². The first-order chi connectivity index (χ1) is 17.0. The summed E-state index contributed by atoms with van der Waals surface area (Å²) in [6, 6.07) is 15.3. The lowest BCUT2D eigenvalue weighted by molar-refractivity contribution is 0.415. The normalized spacial score (nSPS) is 11.6. The number of aryl methyl sites for hydroxylation is 3. The van der Waals surface area contributed by atoms with E-state index in [1.165, 1.54) is 0 Å². The molecule has 4 aromatic heterocycles. The van der Waals surface area contributed by atoms with Crippen LogP contribution in [0.4, 0.5) is 0 Å². The molecule has 9 heteroatoms. The quantitative estimate of drug-likeness (QED) is 0.379. The summed E-state index contributed by atoms with van der Waals surface area (Å²) in [5, 5.41) is 15.1. The van der Waals surface area contributed by atoms with Gasteiger partial charge in [0.25, 0.3) is 5.56 Å². The maximum absolute atomic E-state index is 13.3. The van der Waals surface area contributed by atoms with Gasteiger partial charge < -0.3 is 14.3 Å². The van der Waals surface area contributed by atoms with Crippen molar-refractivity contribution < 1.29 is 4.74 Å². The van der Waals surface area contributed by atoms with Crippen LogP contribution in [0.1, 0.15) is 11.3 Å². The van der Waals surface area contributed by atoms with Gasteiger partial charge in [0.2, 0.25) is 0 Å². The molecule has 6 rings (SSSR count). The Kier molecular flexibility index (Phi) is 5.04. The molecule has 0 aliphatic carbocycles. The van der Waals surface area contributed by atoms with E-state index in [9.17, 15) is 4.79 Å². The standard InChI is InChI=1S/C26H21ClN6O2/c1-15-23(16-3-5-18(27)6-4-16)25-30-29-24-22(33(25)31-15)10-12-32(26(24)34)11-9-17-14-28-21-8-7-19(35-2)13-20(17)21/h3-8,10,12-14,28H,9,11H2,1-2H3. The molecule has 0 saturated carbocycles. The van der Waals surface area contributed by atoms with E-state index in [0.717, 1.165) is 39.0 Å². The summed E-state index contributed by atoms with van der Waals surface area (Å²) in [7, 11) is 1.65. The third kappa shape index (κ3) is 3.54. The third-order valence-corrected chi connectivity index (χ3v) is 6.61. The first-order valence-corrected chi connectivity index (χ1v) is 11.6. The van der Waals surface area contributed by atoms with Crippen molar-refractivity contribution in [1.82, 2.24) is 29.4 Å². The minimum Gasteiger partial charge on any atom is -0.497 e. The molecule has 8 nitrogen and oxygen atoms in total. The first kappa shape index (κ1) is 21.4. The Labute approximate surface area is 204 Å². The number of nitrogens with zero attached hydrogens (tertiary/aromatic N) is 5. The molecule has 0 saturated heterocycles. The van der Waals surface area contributed by atoms with E-state index >= 15 is 0 Å². The summed E-state index contributed by atoms with van der Waals surface area (Å²) in [5.74, 6) is 0.799. The summed E-state index contributed by atoms with van der Waals surface area (Å²) < 4.78 is 8.72. The fourth-order valence-electron chi connectivity index (χ4n) is 4.55.